The molecule has 3 aromatic rings. The summed E-state index contributed by atoms with van der Waals surface area (Å²) in [4.78, 5) is 38.4. The fourth-order valence-electron chi connectivity index (χ4n) is 3.30. The second-order valence-electron chi connectivity index (χ2n) is 7.48. The first-order valence-corrected chi connectivity index (χ1v) is 11.8. The molecule has 0 aliphatic carbocycles. The monoisotopic (exact) mass is 495 g/mol. The van der Waals surface area contributed by atoms with Gasteiger partial charge < -0.3 is 10.6 Å². The Bertz CT molecular complexity index is 1210. The molecule has 1 aromatic heterocycles. The SMILES string of the molecule is O=C(NCCN1C(=O)S/C(=C\c2ccccc2Cl)C1=O)NCc1ccc(Cn2cccn2)cc1. The van der Waals surface area contributed by atoms with E-state index in [2.05, 4.69) is 15.7 Å². The highest BCUT2D eigenvalue weighted by Crippen LogP contribution is 2.33. The first-order valence-electron chi connectivity index (χ1n) is 10.6. The number of carbonyl (C=O) groups excluding carboxylic acids is 3. The summed E-state index contributed by atoms with van der Waals surface area (Å²) in [6, 6.07) is 16.5. The molecule has 2 aromatic carbocycles. The number of urea groups is 1. The Labute approximate surface area is 206 Å². The molecule has 174 valence electrons. The van der Waals surface area contributed by atoms with Crippen molar-refractivity contribution in [3.8, 4) is 0 Å². The Kier molecular flexibility index (Phi) is 7.66. The van der Waals surface area contributed by atoms with Crippen molar-refractivity contribution in [1.82, 2.24) is 25.3 Å². The number of benzene rings is 2. The number of hydrogen-bond acceptors (Lipinski definition) is 5. The van der Waals surface area contributed by atoms with Gasteiger partial charge in [0.1, 0.15) is 0 Å². The molecule has 0 radical (unpaired) electrons. The number of rotatable bonds is 8. The summed E-state index contributed by atoms with van der Waals surface area (Å²) in [6.45, 7) is 1.27. The zero-order chi connectivity index (χ0) is 23.9. The topological polar surface area (TPSA) is 96.3 Å². The molecule has 10 heteroatoms. The van der Waals surface area contributed by atoms with E-state index in [1.165, 1.54) is 0 Å². The van der Waals surface area contributed by atoms with E-state index in [0.29, 0.717) is 28.6 Å². The maximum atomic E-state index is 12.6. The largest absolute Gasteiger partial charge is 0.336 e. The van der Waals surface area contributed by atoms with Gasteiger partial charge in [0.15, 0.2) is 0 Å². The second-order valence-corrected chi connectivity index (χ2v) is 8.88. The van der Waals surface area contributed by atoms with Gasteiger partial charge in [0.25, 0.3) is 11.1 Å². The number of carbonyl (C=O) groups is 3. The van der Waals surface area contributed by atoms with Gasteiger partial charge in [-0.1, -0.05) is 54.1 Å². The fourth-order valence-corrected chi connectivity index (χ4v) is 4.34. The summed E-state index contributed by atoms with van der Waals surface area (Å²) in [5, 5.41) is 9.76. The highest BCUT2D eigenvalue weighted by atomic mass is 35.5. The van der Waals surface area contributed by atoms with E-state index in [9.17, 15) is 14.4 Å². The van der Waals surface area contributed by atoms with Crippen molar-refractivity contribution < 1.29 is 14.4 Å². The van der Waals surface area contributed by atoms with E-state index in [1.54, 1.807) is 36.5 Å². The molecule has 1 saturated heterocycles. The number of hydrogen-bond donors (Lipinski definition) is 2. The van der Waals surface area contributed by atoms with Gasteiger partial charge >= 0.3 is 6.03 Å². The number of imide groups is 1. The van der Waals surface area contributed by atoms with Crippen LogP contribution < -0.4 is 10.6 Å². The van der Waals surface area contributed by atoms with Crippen LogP contribution in [0.4, 0.5) is 9.59 Å². The number of halogens is 1. The lowest BCUT2D eigenvalue weighted by Crippen LogP contribution is -2.41. The lowest BCUT2D eigenvalue weighted by molar-refractivity contribution is -0.122. The molecule has 1 aliphatic rings. The maximum absolute atomic E-state index is 12.6. The van der Waals surface area contributed by atoms with Crippen LogP contribution in [0.3, 0.4) is 0 Å². The predicted molar refractivity (Wildman–Crippen MR) is 132 cm³/mol. The van der Waals surface area contributed by atoms with Crippen LogP contribution in [-0.4, -0.2) is 44.9 Å². The predicted octanol–water partition coefficient (Wildman–Crippen LogP) is 4.12. The number of aromatic nitrogens is 2. The van der Waals surface area contributed by atoms with E-state index in [1.807, 2.05) is 41.2 Å². The van der Waals surface area contributed by atoms with E-state index < -0.39 is 5.91 Å². The maximum Gasteiger partial charge on any atom is 0.315 e. The lowest BCUT2D eigenvalue weighted by Gasteiger charge is -2.13. The van der Waals surface area contributed by atoms with Crippen LogP contribution in [0.15, 0.2) is 71.9 Å². The molecule has 0 unspecified atom stereocenters. The summed E-state index contributed by atoms with van der Waals surface area (Å²) in [7, 11) is 0. The third kappa shape index (κ3) is 6.06. The summed E-state index contributed by atoms with van der Waals surface area (Å²) in [6.07, 6.45) is 5.24. The van der Waals surface area contributed by atoms with Gasteiger partial charge in [-0.25, -0.2) is 4.79 Å². The molecule has 4 rings (SSSR count). The Morgan fingerprint density at radius 1 is 1.03 bits per heavy atom. The summed E-state index contributed by atoms with van der Waals surface area (Å²) >= 11 is 6.99. The molecule has 8 nitrogen and oxygen atoms in total. The minimum atomic E-state index is -0.396. The van der Waals surface area contributed by atoms with Crippen LogP contribution in [0.5, 0.6) is 0 Å². The van der Waals surface area contributed by atoms with Crippen LogP contribution in [0.1, 0.15) is 16.7 Å². The number of thioether (sulfide) groups is 1. The van der Waals surface area contributed by atoms with Gasteiger partial charge in [0.05, 0.1) is 11.4 Å². The zero-order valence-corrected chi connectivity index (χ0v) is 19.7. The van der Waals surface area contributed by atoms with Crippen LogP contribution in [0.25, 0.3) is 6.08 Å². The number of nitrogens with one attached hydrogen (secondary N) is 2. The Balaban J connectivity index is 1.21. The number of amides is 4. The van der Waals surface area contributed by atoms with E-state index >= 15 is 0 Å². The third-order valence-electron chi connectivity index (χ3n) is 5.07. The van der Waals surface area contributed by atoms with Crippen LogP contribution in [-0.2, 0) is 17.9 Å². The average molecular weight is 496 g/mol. The molecule has 2 heterocycles. The van der Waals surface area contributed by atoms with Crippen molar-refractivity contribution in [3.63, 3.8) is 0 Å². The molecular weight excluding hydrogens is 474 g/mol. The second kappa shape index (κ2) is 11.0. The summed E-state index contributed by atoms with van der Waals surface area (Å²) in [5.41, 5.74) is 2.73. The van der Waals surface area contributed by atoms with Gasteiger partial charge in [-0.15, -0.1) is 0 Å². The zero-order valence-electron chi connectivity index (χ0n) is 18.1. The standard InChI is InChI=1S/C24H22ClN5O3S/c25-20-5-2-1-4-19(20)14-21-22(31)30(24(33)34-21)13-11-26-23(32)27-15-17-6-8-18(9-7-17)16-29-12-3-10-28-29/h1-10,12,14H,11,13,15-16H2,(H2,26,27,32)/b21-14-. The molecule has 1 fully saturated rings. The Morgan fingerprint density at radius 2 is 1.79 bits per heavy atom. The average Bonchev–Trinajstić information content (AvgIpc) is 3.43. The fraction of sp³-hybridized carbons (Fsp3) is 0.167. The van der Waals surface area contributed by atoms with E-state index in [0.717, 1.165) is 27.8 Å². The molecule has 0 atom stereocenters. The molecule has 0 bridgehead atoms. The Morgan fingerprint density at radius 3 is 2.53 bits per heavy atom. The van der Waals surface area contributed by atoms with Crippen molar-refractivity contribution in [2.24, 2.45) is 0 Å². The molecular formula is C24H22ClN5O3S. The van der Waals surface area contributed by atoms with Crippen molar-refractivity contribution >= 4 is 46.6 Å². The molecule has 34 heavy (non-hydrogen) atoms. The van der Waals surface area contributed by atoms with Gasteiger partial charge in [-0.3, -0.25) is 19.2 Å². The first-order chi connectivity index (χ1) is 16.5. The van der Waals surface area contributed by atoms with Gasteiger partial charge in [0.2, 0.25) is 0 Å². The van der Waals surface area contributed by atoms with Crippen LogP contribution >= 0.6 is 23.4 Å². The molecule has 0 saturated carbocycles. The molecule has 0 spiro atoms. The molecule has 1 aliphatic heterocycles. The van der Waals surface area contributed by atoms with Crippen LogP contribution in [0.2, 0.25) is 5.02 Å². The van der Waals surface area contributed by atoms with Gasteiger partial charge in [-0.05, 0) is 46.7 Å². The highest BCUT2D eigenvalue weighted by Gasteiger charge is 2.34. The van der Waals surface area contributed by atoms with Gasteiger partial charge in [0, 0.05) is 37.1 Å². The molecule has 2 N–H and O–H groups in total. The quantitative estimate of drug-likeness (QED) is 0.458. The number of nitrogens with zero attached hydrogens (tertiary/aromatic N) is 3. The minimum Gasteiger partial charge on any atom is -0.336 e. The first kappa shape index (κ1) is 23.6. The van der Waals surface area contributed by atoms with Crippen molar-refractivity contribution in [1.29, 1.82) is 0 Å². The minimum absolute atomic E-state index is 0.0834. The van der Waals surface area contributed by atoms with E-state index in [4.69, 9.17) is 11.6 Å². The van der Waals surface area contributed by atoms with Crippen LogP contribution in [0, 0.1) is 0 Å². The lowest BCUT2D eigenvalue weighted by atomic mass is 10.1. The smallest absolute Gasteiger partial charge is 0.315 e. The van der Waals surface area contributed by atoms with Crippen molar-refractivity contribution in [2.45, 2.75) is 13.1 Å². The third-order valence-corrected chi connectivity index (χ3v) is 6.32. The highest BCUT2D eigenvalue weighted by molar-refractivity contribution is 8.18. The summed E-state index contributed by atoms with van der Waals surface area (Å²) in [5.74, 6) is -0.396. The van der Waals surface area contributed by atoms with E-state index in [-0.39, 0.29) is 24.4 Å². The Hall–Kier alpha value is -3.56. The van der Waals surface area contributed by atoms with Crippen molar-refractivity contribution in [2.75, 3.05) is 13.1 Å². The normalized spacial score (nSPS) is 14.6. The van der Waals surface area contributed by atoms with Gasteiger partial charge in [-0.2, -0.15) is 5.10 Å². The summed E-state index contributed by atoms with van der Waals surface area (Å²) < 4.78 is 1.84. The molecule has 4 amide bonds. The van der Waals surface area contributed by atoms with Crippen molar-refractivity contribution in [3.05, 3.63) is 93.6 Å².